The Kier molecular flexibility index (Phi) is 5.11. The zero-order valence-corrected chi connectivity index (χ0v) is 9.78. The lowest BCUT2D eigenvalue weighted by atomic mass is 10.2. The molecule has 1 heterocycles. The number of carbonyl (C=O) groups is 1. The number of esters is 1. The molecule has 0 aromatic heterocycles. The summed E-state index contributed by atoms with van der Waals surface area (Å²) in [5, 5.41) is 12.6. The molecule has 0 aromatic rings. The summed E-state index contributed by atoms with van der Waals surface area (Å²) in [6.07, 6.45) is 1.15. The van der Waals surface area contributed by atoms with Crippen LogP contribution in [0.3, 0.4) is 0 Å². The van der Waals surface area contributed by atoms with Crippen LogP contribution >= 0.6 is 0 Å². The van der Waals surface area contributed by atoms with Crippen LogP contribution in [-0.2, 0) is 14.3 Å². The van der Waals surface area contributed by atoms with Gasteiger partial charge in [-0.05, 0) is 13.3 Å². The molecule has 0 spiro atoms. The Morgan fingerprint density at radius 2 is 2.38 bits per heavy atom. The number of hydrogen-bond acceptors (Lipinski definition) is 5. The normalized spacial score (nSPS) is 19.6. The maximum Gasteiger partial charge on any atom is 0.342 e. The highest BCUT2D eigenvalue weighted by atomic mass is 16.5. The summed E-state index contributed by atoms with van der Waals surface area (Å²) in [4.78, 5) is 11.5. The van der Waals surface area contributed by atoms with Gasteiger partial charge in [0.25, 0.3) is 0 Å². The predicted molar refractivity (Wildman–Crippen MR) is 58.5 cm³/mol. The summed E-state index contributed by atoms with van der Waals surface area (Å²) in [6, 6.07) is 0. The summed E-state index contributed by atoms with van der Waals surface area (Å²) >= 11 is 0. The van der Waals surface area contributed by atoms with E-state index < -0.39 is 12.1 Å². The Morgan fingerprint density at radius 1 is 1.62 bits per heavy atom. The molecule has 92 valence electrons. The van der Waals surface area contributed by atoms with Crippen LogP contribution in [0.2, 0.25) is 0 Å². The largest absolute Gasteiger partial charge is 0.476 e. The quantitative estimate of drug-likeness (QED) is 0.514. The molecule has 0 radical (unpaired) electrons. The molecule has 1 aliphatic heterocycles. The van der Waals surface area contributed by atoms with Gasteiger partial charge in [-0.2, -0.15) is 0 Å². The van der Waals surface area contributed by atoms with Gasteiger partial charge in [-0.25, -0.2) is 4.79 Å². The van der Waals surface area contributed by atoms with E-state index in [1.165, 1.54) is 0 Å². The first-order chi connectivity index (χ1) is 7.70. The number of hydrogen-bond donors (Lipinski definition) is 2. The van der Waals surface area contributed by atoms with E-state index in [0.29, 0.717) is 5.88 Å². The lowest BCUT2D eigenvalue weighted by Gasteiger charge is -2.08. The second kappa shape index (κ2) is 6.37. The van der Waals surface area contributed by atoms with Gasteiger partial charge in [0.05, 0.1) is 6.61 Å². The number of nitrogens with one attached hydrogen (secondary N) is 1. The van der Waals surface area contributed by atoms with Gasteiger partial charge >= 0.3 is 5.97 Å². The summed E-state index contributed by atoms with van der Waals surface area (Å²) in [5.41, 5.74) is 0.206. The molecule has 1 aliphatic rings. The molecule has 5 nitrogen and oxygen atoms in total. The molecule has 1 rings (SSSR count). The highest BCUT2D eigenvalue weighted by Crippen LogP contribution is 2.19. The third-order valence-electron chi connectivity index (χ3n) is 2.27. The van der Waals surface area contributed by atoms with Crippen LogP contribution in [0.4, 0.5) is 0 Å². The Bertz CT molecular complexity index is 275. The Morgan fingerprint density at radius 3 is 3.00 bits per heavy atom. The van der Waals surface area contributed by atoms with Crippen LogP contribution < -0.4 is 5.32 Å². The zero-order valence-electron chi connectivity index (χ0n) is 9.78. The van der Waals surface area contributed by atoms with E-state index >= 15 is 0 Å². The molecule has 0 aliphatic carbocycles. The first-order valence-electron chi connectivity index (χ1n) is 5.66. The summed E-state index contributed by atoms with van der Waals surface area (Å²) in [6.45, 7) is 4.93. The molecule has 0 saturated heterocycles. The van der Waals surface area contributed by atoms with E-state index in [4.69, 9.17) is 9.47 Å². The van der Waals surface area contributed by atoms with Gasteiger partial charge in [-0.3, -0.25) is 0 Å². The summed E-state index contributed by atoms with van der Waals surface area (Å²) in [5.74, 6) is -0.147. The molecule has 0 amide bonds. The lowest BCUT2D eigenvalue weighted by molar-refractivity contribution is -0.139. The number of carbonyl (C=O) groups excluding carboxylic acids is 1. The predicted octanol–water partition coefficient (Wildman–Crippen LogP) is 0.542. The zero-order chi connectivity index (χ0) is 12.0. The topological polar surface area (TPSA) is 67.8 Å². The third-order valence-corrected chi connectivity index (χ3v) is 2.27. The molecular formula is C11H19NO4. The second-order valence-electron chi connectivity index (χ2n) is 3.57. The van der Waals surface area contributed by atoms with Crippen molar-refractivity contribution < 1.29 is 19.4 Å². The molecule has 0 bridgehead atoms. The van der Waals surface area contributed by atoms with Crippen molar-refractivity contribution in [2.45, 2.75) is 32.8 Å². The number of aliphatic hydroxyl groups excluding tert-OH is 1. The number of unbranched alkanes of at least 4 members (excludes halogenated alkanes) is 1. The van der Waals surface area contributed by atoms with Crippen LogP contribution in [0.5, 0.6) is 0 Å². The van der Waals surface area contributed by atoms with Crippen molar-refractivity contribution in [3.63, 3.8) is 0 Å². The number of rotatable bonds is 6. The van der Waals surface area contributed by atoms with E-state index in [9.17, 15) is 9.90 Å². The average molecular weight is 229 g/mol. The lowest BCUT2D eigenvalue weighted by Crippen LogP contribution is -2.22. The van der Waals surface area contributed by atoms with Crippen LogP contribution in [0.25, 0.3) is 0 Å². The van der Waals surface area contributed by atoms with Gasteiger partial charge in [0.1, 0.15) is 18.3 Å². The fourth-order valence-corrected chi connectivity index (χ4v) is 1.44. The first-order valence-corrected chi connectivity index (χ1v) is 5.66. The maximum atomic E-state index is 11.5. The molecular weight excluding hydrogens is 210 g/mol. The summed E-state index contributed by atoms with van der Waals surface area (Å²) < 4.78 is 10.1. The van der Waals surface area contributed by atoms with Gasteiger partial charge in [0, 0.05) is 6.54 Å². The van der Waals surface area contributed by atoms with Crippen molar-refractivity contribution in [3.8, 4) is 0 Å². The minimum atomic E-state index is -0.886. The molecule has 0 fully saturated rings. The Hall–Kier alpha value is -1.23. The molecule has 0 saturated carbocycles. The van der Waals surface area contributed by atoms with E-state index in [1.54, 1.807) is 6.92 Å². The second-order valence-corrected chi connectivity index (χ2v) is 3.57. The molecule has 0 aromatic carbocycles. The standard InChI is InChI=1S/C11H19NO4/c1-3-5-6-12-10-9(8(13)7-16-10)11(14)15-4-2/h8,12-13H,3-7H2,1-2H3/t8-/m0/s1. The first kappa shape index (κ1) is 12.8. The maximum absolute atomic E-state index is 11.5. The molecule has 16 heavy (non-hydrogen) atoms. The fraction of sp³-hybridized carbons (Fsp3) is 0.727. The van der Waals surface area contributed by atoms with Gasteiger partial charge in [-0.15, -0.1) is 0 Å². The van der Waals surface area contributed by atoms with Crippen LogP contribution in [0, 0.1) is 0 Å². The van der Waals surface area contributed by atoms with Gasteiger partial charge < -0.3 is 19.9 Å². The van der Waals surface area contributed by atoms with E-state index in [-0.39, 0.29) is 18.8 Å². The van der Waals surface area contributed by atoms with Crippen molar-refractivity contribution in [1.29, 1.82) is 0 Å². The van der Waals surface area contributed by atoms with Crippen molar-refractivity contribution in [1.82, 2.24) is 5.32 Å². The van der Waals surface area contributed by atoms with Crippen molar-refractivity contribution in [2.75, 3.05) is 19.8 Å². The van der Waals surface area contributed by atoms with Gasteiger partial charge in [-0.1, -0.05) is 13.3 Å². The smallest absolute Gasteiger partial charge is 0.342 e. The van der Waals surface area contributed by atoms with Crippen LogP contribution in [0.15, 0.2) is 11.5 Å². The van der Waals surface area contributed by atoms with Crippen LogP contribution in [-0.4, -0.2) is 36.9 Å². The Labute approximate surface area is 95.4 Å². The number of aliphatic hydroxyl groups is 1. The average Bonchev–Trinajstić information content (AvgIpc) is 2.61. The molecule has 5 heteroatoms. The SMILES string of the molecule is CCCCNC1=C(C(=O)OCC)[C@@H](O)CO1. The third kappa shape index (κ3) is 3.13. The summed E-state index contributed by atoms with van der Waals surface area (Å²) in [7, 11) is 0. The minimum Gasteiger partial charge on any atom is -0.476 e. The van der Waals surface area contributed by atoms with Crippen LogP contribution in [0.1, 0.15) is 26.7 Å². The monoisotopic (exact) mass is 229 g/mol. The number of ether oxygens (including phenoxy) is 2. The van der Waals surface area contributed by atoms with Gasteiger partial charge in [0.15, 0.2) is 5.88 Å². The highest BCUT2D eigenvalue weighted by molar-refractivity contribution is 5.90. The molecule has 2 N–H and O–H groups in total. The van der Waals surface area contributed by atoms with E-state index in [1.807, 2.05) is 0 Å². The van der Waals surface area contributed by atoms with Crippen molar-refractivity contribution >= 4 is 5.97 Å². The molecule has 1 atom stereocenters. The van der Waals surface area contributed by atoms with E-state index in [2.05, 4.69) is 12.2 Å². The van der Waals surface area contributed by atoms with Gasteiger partial charge in [0.2, 0.25) is 0 Å². The molecule has 0 unspecified atom stereocenters. The fourth-order valence-electron chi connectivity index (χ4n) is 1.44. The minimum absolute atomic E-state index is 0.114. The van der Waals surface area contributed by atoms with Crippen molar-refractivity contribution in [3.05, 3.63) is 11.5 Å². The Balaban J connectivity index is 2.63. The van der Waals surface area contributed by atoms with E-state index in [0.717, 1.165) is 19.4 Å². The van der Waals surface area contributed by atoms with Crippen molar-refractivity contribution in [2.24, 2.45) is 0 Å². The highest BCUT2D eigenvalue weighted by Gasteiger charge is 2.32.